The number of hydrogen-bond donors (Lipinski definition) is 1. The first-order valence-corrected chi connectivity index (χ1v) is 10.7. The highest BCUT2D eigenvalue weighted by Gasteiger charge is 2.41. The lowest BCUT2D eigenvalue weighted by Gasteiger charge is -2.36. The average Bonchev–Trinajstić information content (AvgIpc) is 2.84. The summed E-state index contributed by atoms with van der Waals surface area (Å²) in [5, 5.41) is 2.53. The van der Waals surface area contributed by atoms with Gasteiger partial charge in [-0.15, -0.1) is 0 Å². The highest BCUT2D eigenvalue weighted by atomic mass is 19.4. The number of alkyl halides is 3. The summed E-state index contributed by atoms with van der Waals surface area (Å²) in [4.78, 5) is 12.9. The van der Waals surface area contributed by atoms with Crippen molar-refractivity contribution >= 4 is 11.6 Å². The molecule has 0 atom stereocenters. The Morgan fingerprint density at radius 2 is 1.66 bits per heavy atom. The fraction of sp³-hybridized carbons (Fsp3) is 0.458. The molecule has 0 unspecified atom stereocenters. The molecule has 11 heteroatoms. The predicted octanol–water partition coefficient (Wildman–Crippen LogP) is 4.44. The third kappa shape index (κ3) is 6.36. The van der Waals surface area contributed by atoms with Gasteiger partial charge in [0.2, 0.25) is 5.91 Å². The molecule has 0 spiro atoms. The molecule has 1 aliphatic rings. The van der Waals surface area contributed by atoms with Crippen molar-refractivity contribution in [2.24, 2.45) is 5.41 Å². The number of amides is 1. The van der Waals surface area contributed by atoms with Crippen LogP contribution in [0.2, 0.25) is 0 Å². The molecule has 0 saturated carbocycles. The number of rotatable bonds is 9. The molecule has 3 rings (SSSR count). The summed E-state index contributed by atoms with van der Waals surface area (Å²) < 4.78 is 72.6. The van der Waals surface area contributed by atoms with Crippen LogP contribution in [0.25, 0.3) is 0 Å². The molecule has 1 heterocycles. The molecular weight excluding hydrogens is 471 g/mol. The van der Waals surface area contributed by atoms with Gasteiger partial charge in [-0.3, -0.25) is 4.79 Å². The van der Waals surface area contributed by atoms with Gasteiger partial charge in [-0.1, -0.05) is 6.07 Å². The normalized spacial score (nSPS) is 20.3. The van der Waals surface area contributed by atoms with Crippen LogP contribution in [-0.2, 0) is 25.2 Å². The number of benzene rings is 2. The predicted molar refractivity (Wildman–Crippen MR) is 120 cm³/mol. The second-order valence-corrected chi connectivity index (χ2v) is 8.13. The van der Waals surface area contributed by atoms with Gasteiger partial charge in [0.15, 0.2) is 17.8 Å². The largest absolute Gasteiger partial charge is 0.493 e. The number of anilines is 1. The zero-order chi connectivity index (χ0) is 25.6. The highest BCUT2D eigenvalue weighted by molar-refractivity contribution is 5.95. The third-order valence-electron chi connectivity index (χ3n) is 5.42. The molecule has 0 aromatic heterocycles. The van der Waals surface area contributed by atoms with Crippen molar-refractivity contribution in [2.75, 3.05) is 53.1 Å². The molecule has 8 nitrogen and oxygen atoms in total. The van der Waals surface area contributed by atoms with E-state index in [2.05, 4.69) is 5.32 Å². The number of nitrogens with one attached hydrogen (secondary N) is 1. The first-order chi connectivity index (χ1) is 16.6. The number of ether oxygens (including phenoxy) is 6. The van der Waals surface area contributed by atoms with Crippen molar-refractivity contribution < 1.29 is 46.4 Å². The van der Waals surface area contributed by atoms with E-state index in [1.807, 2.05) is 0 Å². The van der Waals surface area contributed by atoms with Crippen LogP contribution in [0.3, 0.4) is 0 Å². The van der Waals surface area contributed by atoms with Gasteiger partial charge >= 0.3 is 6.18 Å². The SMILES string of the molecule is COCCOc1ccc(NC(=O)C2(C)COC(c3ccc(OC)c(OC)c3)OC2)cc1C(F)(F)F. The molecule has 192 valence electrons. The quantitative estimate of drug-likeness (QED) is 0.511. The van der Waals surface area contributed by atoms with Gasteiger partial charge in [0.25, 0.3) is 0 Å². The van der Waals surface area contributed by atoms with E-state index >= 15 is 0 Å². The Kier molecular flexibility index (Phi) is 8.47. The number of methoxy groups -OCH3 is 3. The van der Waals surface area contributed by atoms with E-state index in [9.17, 15) is 18.0 Å². The Labute approximate surface area is 201 Å². The van der Waals surface area contributed by atoms with Gasteiger partial charge in [-0.25, -0.2) is 0 Å². The first-order valence-electron chi connectivity index (χ1n) is 10.7. The number of hydrogen-bond acceptors (Lipinski definition) is 7. The minimum absolute atomic E-state index is 0.0117. The van der Waals surface area contributed by atoms with E-state index in [-0.39, 0.29) is 37.9 Å². The lowest BCUT2D eigenvalue weighted by Crippen LogP contribution is -2.45. The summed E-state index contributed by atoms with van der Waals surface area (Å²) in [6, 6.07) is 8.51. The molecule has 1 aliphatic heterocycles. The Morgan fingerprint density at radius 3 is 2.26 bits per heavy atom. The minimum atomic E-state index is -4.67. The summed E-state index contributed by atoms with van der Waals surface area (Å²) in [6.45, 7) is 1.68. The van der Waals surface area contributed by atoms with Crippen LogP contribution in [0.4, 0.5) is 18.9 Å². The van der Waals surface area contributed by atoms with Crippen molar-refractivity contribution in [1.82, 2.24) is 0 Å². The summed E-state index contributed by atoms with van der Waals surface area (Å²) in [5.74, 6) is 0.160. The lowest BCUT2D eigenvalue weighted by atomic mass is 9.90. The zero-order valence-corrected chi connectivity index (χ0v) is 19.9. The molecule has 0 bridgehead atoms. The van der Waals surface area contributed by atoms with Gasteiger partial charge in [0.05, 0.1) is 45.0 Å². The van der Waals surface area contributed by atoms with Crippen LogP contribution < -0.4 is 19.5 Å². The van der Waals surface area contributed by atoms with Gasteiger partial charge in [-0.2, -0.15) is 13.2 Å². The van der Waals surface area contributed by atoms with Crippen LogP contribution in [0, 0.1) is 5.41 Å². The van der Waals surface area contributed by atoms with Gasteiger partial charge in [-0.05, 0) is 37.3 Å². The Morgan fingerprint density at radius 1 is 1.00 bits per heavy atom. The van der Waals surface area contributed by atoms with E-state index in [0.29, 0.717) is 17.1 Å². The monoisotopic (exact) mass is 499 g/mol. The number of carbonyl (C=O) groups excluding carboxylic acids is 1. The molecule has 0 aliphatic carbocycles. The summed E-state index contributed by atoms with van der Waals surface area (Å²) >= 11 is 0. The molecule has 1 N–H and O–H groups in total. The molecule has 2 aromatic carbocycles. The number of halogens is 3. The highest BCUT2D eigenvalue weighted by Crippen LogP contribution is 2.39. The third-order valence-corrected chi connectivity index (χ3v) is 5.42. The fourth-order valence-corrected chi connectivity index (χ4v) is 3.40. The van der Waals surface area contributed by atoms with Crippen LogP contribution in [0.5, 0.6) is 17.2 Å². The second-order valence-electron chi connectivity index (χ2n) is 8.13. The van der Waals surface area contributed by atoms with Crippen molar-refractivity contribution in [3.63, 3.8) is 0 Å². The van der Waals surface area contributed by atoms with E-state index < -0.39 is 29.4 Å². The maximum absolute atomic E-state index is 13.5. The van der Waals surface area contributed by atoms with Crippen molar-refractivity contribution in [1.29, 1.82) is 0 Å². The van der Waals surface area contributed by atoms with E-state index in [4.69, 9.17) is 28.4 Å². The van der Waals surface area contributed by atoms with Gasteiger partial charge < -0.3 is 33.7 Å². The Bertz CT molecular complexity index is 1020. The van der Waals surface area contributed by atoms with Crippen LogP contribution in [-0.4, -0.2) is 53.7 Å². The zero-order valence-electron chi connectivity index (χ0n) is 19.9. The van der Waals surface area contributed by atoms with Gasteiger partial charge in [0, 0.05) is 18.4 Å². The van der Waals surface area contributed by atoms with Crippen LogP contribution >= 0.6 is 0 Å². The van der Waals surface area contributed by atoms with Crippen molar-refractivity contribution in [2.45, 2.75) is 19.4 Å². The topological polar surface area (TPSA) is 84.5 Å². The molecule has 1 fully saturated rings. The summed E-state index contributed by atoms with van der Waals surface area (Å²) in [6.07, 6.45) is -5.41. The minimum Gasteiger partial charge on any atom is -0.493 e. The van der Waals surface area contributed by atoms with E-state index in [0.717, 1.165) is 12.1 Å². The molecule has 1 saturated heterocycles. The molecule has 35 heavy (non-hydrogen) atoms. The molecule has 1 amide bonds. The first kappa shape index (κ1) is 26.6. The van der Waals surface area contributed by atoms with Crippen molar-refractivity contribution in [3.8, 4) is 17.2 Å². The second kappa shape index (κ2) is 11.1. The molecular formula is C24H28F3NO7. The maximum Gasteiger partial charge on any atom is 0.420 e. The van der Waals surface area contributed by atoms with Crippen LogP contribution in [0.15, 0.2) is 36.4 Å². The summed E-state index contributed by atoms with van der Waals surface area (Å²) in [7, 11) is 4.45. The van der Waals surface area contributed by atoms with E-state index in [1.54, 1.807) is 25.1 Å². The molecule has 2 aromatic rings. The standard InChI is InChI=1S/C24H28F3NO7/c1-23(13-34-21(35-14-23)15-5-7-19(31-3)20(11-15)32-4)22(29)28-16-6-8-18(33-10-9-30-2)17(12-16)24(25,26)27/h5-8,11-12,21H,9-10,13-14H2,1-4H3,(H,28,29). The molecule has 0 radical (unpaired) electrons. The van der Waals surface area contributed by atoms with E-state index in [1.165, 1.54) is 27.4 Å². The number of carbonyl (C=O) groups is 1. The maximum atomic E-state index is 13.5. The lowest BCUT2D eigenvalue weighted by molar-refractivity contribution is -0.226. The summed E-state index contributed by atoms with van der Waals surface area (Å²) in [5.41, 5.74) is -1.48. The van der Waals surface area contributed by atoms with Crippen LogP contribution in [0.1, 0.15) is 24.3 Å². The Hall–Kier alpha value is -3.02. The average molecular weight is 499 g/mol. The smallest absolute Gasteiger partial charge is 0.420 e. The Balaban J connectivity index is 1.68. The fourth-order valence-electron chi connectivity index (χ4n) is 3.40. The van der Waals surface area contributed by atoms with Crippen molar-refractivity contribution in [3.05, 3.63) is 47.5 Å². The van der Waals surface area contributed by atoms with Gasteiger partial charge in [0.1, 0.15) is 12.4 Å².